The molecule has 0 atom stereocenters. The van der Waals surface area contributed by atoms with Crippen molar-refractivity contribution in [1.82, 2.24) is 0 Å². The molecule has 22 heavy (non-hydrogen) atoms. The Hall–Kier alpha value is -1.56. The quantitative estimate of drug-likeness (QED) is 0.362. The van der Waals surface area contributed by atoms with Crippen LogP contribution in [0.4, 0.5) is 0 Å². The zero-order chi connectivity index (χ0) is 16.6. The second-order valence-corrected chi connectivity index (χ2v) is 7.01. The summed E-state index contributed by atoms with van der Waals surface area (Å²) in [7, 11) is 0. The summed E-state index contributed by atoms with van der Waals surface area (Å²) >= 11 is 0. The molecule has 0 aromatic rings. The topological polar surface area (TPSA) is 0 Å². The third kappa shape index (κ3) is 6.05. The molecule has 0 heterocycles. The van der Waals surface area contributed by atoms with Gasteiger partial charge in [-0.05, 0) is 57.4 Å². The van der Waals surface area contributed by atoms with Gasteiger partial charge in [0.2, 0.25) is 0 Å². The highest BCUT2D eigenvalue weighted by atomic mass is 14.3. The van der Waals surface area contributed by atoms with Gasteiger partial charge in [0.15, 0.2) is 0 Å². The highest BCUT2D eigenvalue weighted by Gasteiger charge is 2.26. The Labute approximate surface area is 137 Å². The first-order chi connectivity index (χ1) is 10.4. The monoisotopic (exact) mass is 296 g/mol. The molecule has 0 heteroatoms. The Morgan fingerprint density at radius 3 is 2.55 bits per heavy atom. The van der Waals surface area contributed by atoms with Crippen molar-refractivity contribution in [1.29, 1.82) is 0 Å². The molecular formula is C22H32. The average Bonchev–Trinajstić information content (AvgIpc) is 2.43. The van der Waals surface area contributed by atoms with E-state index in [9.17, 15) is 0 Å². The summed E-state index contributed by atoms with van der Waals surface area (Å²) in [6, 6.07) is 0. The van der Waals surface area contributed by atoms with Gasteiger partial charge in [0.25, 0.3) is 0 Å². The molecule has 1 aliphatic carbocycles. The van der Waals surface area contributed by atoms with Crippen molar-refractivity contribution in [2.75, 3.05) is 0 Å². The summed E-state index contributed by atoms with van der Waals surface area (Å²) in [5.74, 6) is 0. The summed E-state index contributed by atoms with van der Waals surface area (Å²) < 4.78 is 0. The van der Waals surface area contributed by atoms with E-state index in [0.717, 1.165) is 6.42 Å². The number of rotatable bonds is 6. The second-order valence-electron chi connectivity index (χ2n) is 7.01. The Kier molecular flexibility index (Phi) is 7.38. The van der Waals surface area contributed by atoms with Gasteiger partial charge in [-0.3, -0.25) is 0 Å². The summed E-state index contributed by atoms with van der Waals surface area (Å²) in [6.45, 7) is 15.0. The van der Waals surface area contributed by atoms with E-state index in [0.29, 0.717) is 5.41 Å². The molecule has 0 saturated heterocycles. The van der Waals surface area contributed by atoms with Crippen molar-refractivity contribution in [3.05, 3.63) is 71.4 Å². The van der Waals surface area contributed by atoms with E-state index in [-0.39, 0.29) is 0 Å². The van der Waals surface area contributed by atoms with Crippen LogP contribution in [0.2, 0.25) is 0 Å². The highest BCUT2D eigenvalue weighted by molar-refractivity contribution is 5.37. The zero-order valence-electron chi connectivity index (χ0n) is 15.1. The molecule has 0 N–H and O–H groups in total. The first kappa shape index (κ1) is 18.5. The molecule has 0 aromatic carbocycles. The molecular weight excluding hydrogens is 264 g/mol. The molecule has 0 unspecified atom stereocenters. The van der Waals surface area contributed by atoms with Crippen LogP contribution >= 0.6 is 0 Å². The van der Waals surface area contributed by atoms with Gasteiger partial charge in [-0.1, -0.05) is 73.1 Å². The smallest absolute Gasteiger partial charge is 0.0104 e. The van der Waals surface area contributed by atoms with E-state index in [1.54, 1.807) is 5.57 Å². The van der Waals surface area contributed by atoms with E-state index in [2.05, 4.69) is 77.7 Å². The van der Waals surface area contributed by atoms with Crippen molar-refractivity contribution >= 4 is 0 Å². The molecule has 0 bridgehead atoms. The largest absolute Gasteiger partial charge is 0.103 e. The summed E-state index contributed by atoms with van der Waals surface area (Å²) in [5.41, 5.74) is 5.96. The molecule has 0 nitrogen and oxygen atoms in total. The Bertz CT molecular complexity index is 530. The minimum Gasteiger partial charge on any atom is -0.103 e. The Morgan fingerprint density at radius 2 is 1.91 bits per heavy atom. The minimum absolute atomic E-state index is 0.318. The summed E-state index contributed by atoms with van der Waals surface area (Å²) in [5, 5.41) is 0. The summed E-state index contributed by atoms with van der Waals surface area (Å²) in [6.07, 6.45) is 19.9. The first-order valence-electron chi connectivity index (χ1n) is 8.38. The predicted molar refractivity (Wildman–Crippen MR) is 101 cm³/mol. The van der Waals surface area contributed by atoms with Crippen LogP contribution in [0.25, 0.3) is 0 Å². The van der Waals surface area contributed by atoms with Crippen LogP contribution in [-0.4, -0.2) is 0 Å². The fraction of sp³-hybridized carbons (Fsp3) is 0.455. The van der Waals surface area contributed by atoms with E-state index < -0.39 is 0 Å². The molecule has 1 rings (SSSR count). The van der Waals surface area contributed by atoms with E-state index in [1.807, 2.05) is 6.08 Å². The number of allylic oxidation sites excluding steroid dienone is 11. The van der Waals surface area contributed by atoms with Crippen LogP contribution in [-0.2, 0) is 0 Å². The average molecular weight is 296 g/mol. The SMILES string of the molecule is C=CC\C=C(C)/C=C/C=C(C)/C=C/C1=C(C)CCCC1(C)C. The molecule has 0 saturated carbocycles. The summed E-state index contributed by atoms with van der Waals surface area (Å²) in [4.78, 5) is 0. The van der Waals surface area contributed by atoms with Gasteiger partial charge in [-0.2, -0.15) is 0 Å². The van der Waals surface area contributed by atoms with Crippen LogP contribution in [0, 0.1) is 5.41 Å². The fourth-order valence-electron chi connectivity index (χ4n) is 2.97. The van der Waals surface area contributed by atoms with Crippen molar-refractivity contribution in [3.63, 3.8) is 0 Å². The predicted octanol–water partition coefficient (Wildman–Crippen LogP) is 7.09. The van der Waals surface area contributed by atoms with Gasteiger partial charge < -0.3 is 0 Å². The van der Waals surface area contributed by atoms with Crippen molar-refractivity contribution in [2.24, 2.45) is 5.41 Å². The molecule has 0 aromatic heterocycles. The van der Waals surface area contributed by atoms with Gasteiger partial charge in [-0.15, -0.1) is 6.58 Å². The molecule has 0 fully saturated rings. The second kappa shape index (κ2) is 8.78. The van der Waals surface area contributed by atoms with Gasteiger partial charge in [0.05, 0.1) is 0 Å². The maximum absolute atomic E-state index is 3.73. The third-order valence-corrected chi connectivity index (χ3v) is 4.38. The van der Waals surface area contributed by atoms with E-state index >= 15 is 0 Å². The van der Waals surface area contributed by atoms with Crippen LogP contribution in [0.3, 0.4) is 0 Å². The molecule has 1 aliphatic rings. The third-order valence-electron chi connectivity index (χ3n) is 4.38. The lowest BCUT2D eigenvalue weighted by Gasteiger charge is -2.32. The van der Waals surface area contributed by atoms with Crippen LogP contribution in [0.15, 0.2) is 71.4 Å². The van der Waals surface area contributed by atoms with Crippen LogP contribution in [0.5, 0.6) is 0 Å². The van der Waals surface area contributed by atoms with Crippen LogP contribution in [0.1, 0.15) is 60.3 Å². The van der Waals surface area contributed by atoms with Crippen LogP contribution < -0.4 is 0 Å². The van der Waals surface area contributed by atoms with Gasteiger partial charge in [0, 0.05) is 0 Å². The van der Waals surface area contributed by atoms with E-state index in [1.165, 1.54) is 36.0 Å². The van der Waals surface area contributed by atoms with E-state index in [4.69, 9.17) is 0 Å². The number of hydrogen-bond acceptors (Lipinski definition) is 0. The van der Waals surface area contributed by atoms with Crippen molar-refractivity contribution in [2.45, 2.75) is 60.3 Å². The molecule has 120 valence electrons. The normalized spacial score (nSPS) is 20.2. The Balaban J connectivity index is 2.75. The highest BCUT2D eigenvalue weighted by Crippen LogP contribution is 2.40. The molecule has 0 spiro atoms. The maximum atomic E-state index is 3.73. The lowest BCUT2D eigenvalue weighted by atomic mass is 9.72. The molecule has 0 radical (unpaired) electrons. The molecule has 0 amide bonds. The van der Waals surface area contributed by atoms with Gasteiger partial charge in [0.1, 0.15) is 0 Å². The maximum Gasteiger partial charge on any atom is -0.0104 e. The minimum atomic E-state index is 0.318. The zero-order valence-corrected chi connectivity index (χ0v) is 15.1. The number of hydrogen-bond donors (Lipinski definition) is 0. The van der Waals surface area contributed by atoms with Gasteiger partial charge >= 0.3 is 0 Å². The van der Waals surface area contributed by atoms with Crippen molar-refractivity contribution < 1.29 is 0 Å². The van der Waals surface area contributed by atoms with Crippen molar-refractivity contribution in [3.8, 4) is 0 Å². The standard InChI is InChI=1S/C22H32/c1-7-8-11-18(2)12-9-13-19(3)15-16-21-20(4)14-10-17-22(21,5)6/h7,9,11-13,15-16H,1,8,10,14,17H2,2-6H3/b12-9+,16-15+,18-11-,19-13+. The fourth-order valence-corrected chi connectivity index (χ4v) is 2.97. The Morgan fingerprint density at radius 1 is 1.18 bits per heavy atom. The lowest BCUT2D eigenvalue weighted by molar-refractivity contribution is 0.377. The van der Waals surface area contributed by atoms with Gasteiger partial charge in [-0.25, -0.2) is 0 Å². The first-order valence-corrected chi connectivity index (χ1v) is 8.38. The lowest BCUT2D eigenvalue weighted by Crippen LogP contribution is -2.19. The molecule has 0 aliphatic heterocycles.